The van der Waals surface area contributed by atoms with Crippen LogP contribution in [0.1, 0.15) is 20.8 Å². The van der Waals surface area contributed by atoms with E-state index in [2.05, 4.69) is 9.88 Å². The summed E-state index contributed by atoms with van der Waals surface area (Å²) in [6.07, 6.45) is 0. The number of rotatable bonds is 2. The average molecular weight is 343 g/mol. The second kappa shape index (κ2) is 6.11. The molecule has 0 aliphatic carbocycles. The zero-order valence-electron chi connectivity index (χ0n) is 15.1. The predicted molar refractivity (Wildman–Crippen MR) is 96.9 cm³/mol. The maximum atomic E-state index is 13.0. The van der Waals surface area contributed by atoms with Crippen LogP contribution < -0.4 is 10.5 Å². The molecule has 6 nitrogen and oxygen atoms in total. The highest BCUT2D eigenvalue weighted by Gasteiger charge is 2.39. The van der Waals surface area contributed by atoms with Crippen molar-refractivity contribution in [3.05, 3.63) is 34.6 Å². The van der Waals surface area contributed by atoms with Gasteiger partial charge in [-0.1, -0.05) is 12.1 Å². The number of hydrogen-bond donors (Lipinski definition) is 0. The first kappa shape index (κ1) is 16.5. The molecule has 134 valence electrons. The summed E-state index contributed by atoms with van der Waals surface area (Å²) in [6, 6.07) is 7.82. The van der Waals surface area contributed by atoms with Gasteiger partial charge < -0.3 is 18.9 Å². The molecule has 25 heavy (non-hydrogen) atoms. The zero-order chi connectivity index (χ0) is 17.6. The smallest absolute Gasteiger partial charge is 0.293 e. The summed E-state index contributed by atoms with van der Waals surface area (Å²) in [5.41, 5.74) is 1.74. The Morgan fingerprint density at radius 2 is 1.80 bits per heavy atom. The lowest BCUT2D eigenvalue weighted by atomic mass is 9.98. The standard InChI is InChI=1S/C19H25N3O3/c1-4-22-16-8-6-5-7-15(16)20-17(18(22)23)21-9-13-11-24-19(2,3)25-12-14(13)10-21/h5-8,13-14H,4,9-12H2,1-3H3/t13-,14+. The lowest BCUT2D eigenvalue weighted by Gasteiger charge is -2.25. The monoisotopic (exact) mass is 343 g/mol. The van der Waals surface area contributed by atoms with Gasteiger partial charge in [0.1, 0.15) is 0 Å². The van der Waals surface area contributed by atoms with Gasteiger partial charge in [0.05, 0.1) is 24.2 Å². The van der Waals surface area contributed by atoms with E-state index in [0.29, 0.717) is 37.4 Å². The Morgan fingerprint density at radius 1 is 1.16 bits per heavy atom. The van der Waals surface area contributed by atoms with Gasteiger partial charge in [-0.25, -0.2) is 4.98 Å². The fraction of sp³-hybridized carbons (Fsp3) is 0.579. The summed E-state index contributed by atoms with van der Waals surface area (Å²) < 4.78 is 13.6. The van der Waals surface area contributed by atoms with Crippen LogP contribution in [0.15, 0.2) is 29.1 Å². The summed E-state index contributed by atoms with van der Waals surface area (Å²) in [4.78, 5) is 19.8. The maximum Gasteiger partial charge on any atom is 0.293 e. The highest BCUT2D eigenvalue weighted by molar-refractivity contribution is 5.76. The third-order valence-corrected chi connectivity index (χ3v) is 5.32. The van der Waals surface area contributed by atoms with E-state index in [-0.39, 0.29) is 5.56 Å². The van der Waals surface area contributed by atoms with Crippen molar-refractivity contribution >= 4 is 16.9 Å². The zero-order valence-corrected chi connectivity index (χ0v) is 15.1. The van der Waals surface area contributed by atoms with Crippen molar-refractivity contribution in [2.45, 2.75) is 33.1 Å². The van der Waals surface area contributed by atoms with Gasteiger partial charge in [0.2, 0.25) is 0 Å². The van der Waals surface area contributed by atoms with Gasteiger partial charge in [0.25, 0.3) is 5.56 Å². The number of nitrogens with zero attached hydrogens (tertiary/aromatic N) is 3. The number of aryl methyl sites for hydroxylation is 1. The molecule has 0 unspecified atom stereocenters. The van der Waals surface area contributed by atoms with Gasteiger partial charge in [0.15, 0.2) is 11.6 Å². The molecule has 4 rings (SSSR count). The van der Waals surface area contributed by atoms with Crippen LogP contribution in [0.4, 0.5) is 5.82 Å². The first-order chi connectivity index (χ1) is 12.0. The number of fused-ring (bicyclic) bond motifs is 2. The van der Waals surface area contributed by atoms with E-state index in [9.17, 15) is 4.79 Å². The molecule has 2 aliphatic rings. The Balaban J connectivity index is 1.68. The van der Waals surface area contributed by atoms with Crippen molar-refractivity contribution in [3.63, 3.8) is 0 Å². The van der Waals surface area contributed by atoms with E-state index in [0.717, 1.165) is 24.1 Å². The quantitative estimate of drug-likeness (QED) is 0.837. The Morgan fingerprint density at radius 3 is 2.44 bits per heavy atom. The number of aromatic nitrogens is 2. The molecular formula is C19H25N3O3. The molecule has 0 spiro atoms. The first-order valence-corrected chi connectivity index (χ1v) is 9.01. The molecule has 1 aromatic heterocycles. The molecule has 1 aromatic carbocycles. The second-order valence-electron chi connectivity index (χ2n) is 7.42. The molecule has 2 fully saturated rings. The molecule has 0 radical (unpaired) electrons. The molecule has 2 atom stereocenters. The van der Waals surface area contributed by atoms with Gasteiger partial charge in [-0.05, 0) is 32.9 Å². The summed E-state index contributed by atoms with van der Waals surface area (Å²) in [7, 11) is 0. The molecule has 6 heteroatoms. The number of ether oxygens (including phenoxy) is 2. The van der Waals surface area contributed by atoms with E-state index in [1.165, 1.54) is 0 Å². The van der Waals surface area contributed by atoms with Crippen LogP contribution in [0, 0.1) is 11.8 Å². The van der Waals surface area contributed by atoms with Crippen molar-refractivity contribution < 1.29 is 9.47 Å². The number of para-hydroxylation sites is 2. The van der Waals surface area contributed by atoms with Crippen LogP contribution in [0.25, 0.3) is 11.0 Å². The van der Waals surface area contributed by atoms with Crippen LogP contribution >= 0.6 is 0 Å². The van der Waals surface area contributed by atoms with Crippen molar-refractivity contribution in [3.8, 4) is 0 Å². The van der Waals surface area contributed by atoms with Crippen molar-refractivity contribution in [1.82, 2.24) is 9.55 Å². The fourth-order valence-electron chi connectivity index (χ4n) is 3.85. The Hall–Kier alpha value is -1.92. The summed E-state index contributed by atoms with van der Waals surface area (Å²) >= 11 is 0. The van der Waals surface area contributed by atoms with Crippen LogP contribution in [0.3, 0.4) is 0 Å². The van der Waals surface area contributed by atoms with E-state index in [1.807, 2.05) is 49.6 Å². The predicted octanol–water partition coefficient (Wildman–Crippen LogP) is 2.25. The van der Waals surface area contributed by atoms with Crippen LogP contribution in [0.5, 0.6) is 0 Å². The normalized spacial score (nSPS) is 25.8. The first-order valence-electron chi connectivity index (χ1n) is 9.01. The molecular weight excluding hydrogens is 318 g/mol. The average Bonchev–Trinajstić information content (AvgIpc) is 2.95. The van der Waals surface area contributed by atoms with Crippen LogP contribution in [-0.4, -0.2) is 41.6 Å². The lowest BCUT2D eigenvalue weighted by molar-refractivity contribution is -0.203. The molecule has 2 saturated heterocycles. The van der Waals surface area contributed by atoms with Gasteiger partial charge in [0, 0.05) is 31.5 Å². The van der Waals surface area contributed by atoms with Crippen LogP contribution in [-0.2, 0) is 16.0 Å². The van der Waals surface area contributed by atoms with E-state index >= 15 is 0 Å². The summed E-state index contributed by atoms with van der Waals surface area (Å²) in [6.45, 7) is 9.43. The van der Waals surface area contributed by atoms with Crippen molar-refractivity contribution in [1.29, 1.82) is 0 Å². The van der Waals surface area contributed by atoms with Crippen LogP contribution in [0.2, 0.25) is 0 Å². The van der Waals surface area contributed by atoms with Crippen molar-refractivity contribution in [2.24, 2.45) is 11.8 Å². The summed E-state index contributed by atoms with van der Waals surface area (Å²) in [5, 5.41) is 0. The number of hydrogen-bond acceptors (Lipinski definition) is 5. The minimum atomic E-state index is -0.523. The molecule has 0 saturated carbocycles. The number of benzene rings is 1. The largest absolute Gasteiger partial charge is 0.351 e. The van der Waals surface area contributed by atoms with E-state index in [1.54, 1.807) is 0 Å². The topological polar surface area (TPSA) is 56.6 Å². The SMILES string of the molecule is CCn1c(=O)c(N2C[C@H]3COC(C)(C)OC[C@H]3C2)nc2ccccc21. The van der Waals surface area contributed by atoms with E-state index < -0.39 is 5.79 Å². The highest BCUT2D eigenvalue weighted by Crippen LogP contribution is 2.32. The van der Waals surface area contributed by atoms with Gasteiger partial charge in [-0.15, -0.1) is 0 Å². The fourth-order valence-corrected chi connectivity index (χ4v) is 3.85. The molecule has 2 aromatic rings. The third-order valence-electron chi connectivity index (χ3n) is 5.32. The molecule has 3 heterocycles. The Labute approximate surface area is 147 Å². The minimum absolute atomic E-state index is 0.0140. The summed E-state index contributed by atoms with van der Waals surface area (Å²) in [5.74, 6) is 0.757. The van der Waals surface area contributed by atoms with E-state index in [4.69, 9.17) is 9.47 Å². The molecule has 0 bridgehead atoms. The Kier molecular flexibility index (Phi) is 4.04. The molecule has 0 N–H and O–H groups in total. The minimum Gasteiger partial charge on any atom is -0.351 e. The third kappa shape index (κ3) is 2.93. The lowest BCUT2D eigenvalue weighted by Crippen LogP contribution is -2.34. The van der Waals surface area contributed by atoms with Gasteiger partial charge in [-0.3, -0.25) is 4.79 Å². The van der Waals surface area contributed by atoms with Crippen molar-refractivity contribution in [2.75, 3.05) is 31.2 Å². The molecule has 2 aliphatic heterocycles. The second-order valence-corrected chi connectivity index (χ2v) is 7.42. The highest BCUT2D eigenvalue weighted by atomic mass is 16.7. The maximum absolute atomic E-state index is 13.0. The molecule has 0 amide bonds. The van der Waals surface area contributed by atoms with Gasteiger partial charge >= 0.3 is 0 Å². The van der Waals surface area contributed by atoms with Gasteiger partial charge in [-0.2, -0.15) is 0 Å². The Bertz CT molecular complexity index is 827. The number of anilines is 1.